The molecule has 2 saturated heterocycles. The maximum absolute atomic E-state index is 13.3. The topological polar surface area (TPSA) is 66.9 Å². The molecule has 24 heavy (non-hydrogen) atoms. The van der Waals surface area contributed by atoms with Gasteiger partial charge in [-0.05, 0) is 31.9 Å². The lowest BCUT2D eigenvalue weighted by Crippen LogP contribution is -2.47. The number of hydroxylamine groups is 2. The molecule has 6 nitrogen and oxygen atoms in total. The Morgan fingerprint density at radius 2 is 1.75 bits per heavy atom. The second-order valence-electron chi connectivity index (χ2n) is 6.05. The van der Waals surface area contributed by atoms with Crippen LogP contribution in [0.4, 0.5) is 8.78 Å². The molecule has 2 heterocycles. The van der Waals surface area contributed by atoms with Crippen molar-refractivity contribution < 1.29 is 26.8 Å². The zero-order valence-electron chi connectivity index (χ0n) is 13.2. The number of benzene rings is 1. The van der Waals surface area contributed by atoms with Gasteiger partial charge in [0, 0.05) is 25.7 Å². The van der Waals surface area contributed by atoms with Gasteiger partial charge in [0.15, 0.2) is 0 Å². The van der Waals surface area contributed by atoms with Gasteiger partial charge in [-0.3, -0.25) is 9.63 Å². The number of rotatable bonds is 3. The zero-order valence-corrected chi connectivity index (χ0v) is 14.0. The van der Waals surface area contributed by atoms with E-state index in [0.29, 0.717) is 25.5 Å². The fourth-order valence-corrected chi connectivity index (χ4v) is 4.63. The minimum atomic E-state index is -3.99. The van der Waals surface area contributed by atoms with E-state index >= 15 is 0 Å². The maximum atomic E-state index is 13.3. The minimum Gasteiger partial charge on any atom is -0.272 e. The first-order chi connectivity index (χ1) is 11.3. The molecule has 3 rings (SSSR count). The fraction of sp³-hybridized carbons (Fsp3) is 0.533. The van der Waals surface area contributed by atoms with Crippen molar-refractivity contribution in [3.63, 3.8) is 0 Å². The van der Waals surface area contributed by atoms with Crippen LogP contribution in [0, 0.1) is 11.6 Å². The van der Waals surface area contributed by atoms with E-state index in [1.807, 2.05) is 0 Å². The molecule has 0 unspecified atom stereocenters. The molecule has 0 N–H and O–H groups in total. The molecule has 0 atom stereocenters. The van der Waals surface area contributed by atoms with Gasteiger partial charge in [-0.25, -0.2) is 22.3 Å². The highest BCUT2D eigenvalue weighted by atomic mass is 32.2. The van der Waals surface area contributed by atoms with Crippen LogP contribution in [0.15, 0.2) is 23.1 Å². The van der Waals surface area contributed by atoms with Crippen LogP contribution in [0.3, 0.4) is 0 Å². The Bertz CT molecular complexity index is 740. The van der Waals surface area contributed by atoms with E-state index in [0.717, 1.165) is 12.1 Å². The molecular weight excluding hydrogens is 342 g/mol. The number of carbonyl (C=O) groups is 1. The van der Waals surface area contributed by atoms with E-state index in [4.69, 9.17) is 4.84 Å². The number of piperidine rings is 1. The van der Waals surface area contributed by atoms with Gasteiger partial charge in [-0.2, -0.15) is 4.31 Å². The Morgan fingerprint density at radius 3 is 2.25 bits per heavy atom. The molecule has 1 aromatic carbocycles. The van der Waals surface area contributed by atoms with Gasteiger partial charge in [-0.15, -0.1) is 0 Å². The normalized spacial score (nSPS) is 21.6. The van der Waals surface area contributed by atoms with E-state index in [1.54, 1.807) is 6.92 Å². The van der Waals surface area contributed by atoms with E-state index in [9.17, 15) is 22.0 Å². The number of sulfonamides is 1. The fourth-order valence-electron chi connectivity index (χ4n) is 3.15. The van der Waals surface area contributed by atoms with Gasteiger partial charge in [0.25, 0.3) is 0 Å². The first kappa shape index (κ1) is 17.2. The first-order valence-electron chi connectivity index (χ1n) is 7.71. The summed E-state index contributed by atoms with van der Waals surface area (Å²) >= 11 is 0. The summed E-state index contributed by atoms with van der Waals surface area (Å²) in [4.78, 5) is 17.1. The van der Waals surface area contributed by atoms with Crippen molar-refractivity contribution in [2.45, 2.75) is 36.7 Å². The maximum Gasteiger partial charge on any atom is 0.249 e. The summed E-state index contributed by atoms with van der Waals surface area (Å²) in [5.74, 6) is -1.99. The summed E-state index contributed by atoms with van der Waals surface area (Å²) < 4.78 is 52.9. The predicted octanol–water partition coefficient (Wildman–Crippen LogP) is 1.67. The van der Waals surface area contributed by atoms with Gasteiger partial charge in [0.05, 0.1) is 11.3 Å². The molecule has 0 bridgehead atoms. The molecule has 0 radical (unpaired) electrons. The predicted molar refractivity (Wildman–Crippen MR) is 80.2 cm³/mol. The minimum absolute atomic E-state index is 0.110. The van der Waals surface area contributed by atoms with Crippen LogP contribution in [0.5, 0.6) is 0 Å². The standard InChI is InChI=1S/C15H18F2N2O4S/c1-2-19-14(20)10-15(23-19)3-5-18(6-4-15)24(21,22)13-8-11(16)7-12(17)9-13/h7-9H,2-6,10H2,1H3. The number of nitrogens with zero attached hydrogens (tertiary/aromatic N) is 2. The third kappa shape index (κ3) is 3.03. The Hall–Kier alpha value is -1.58. The SMILES string of the molecule is CCN1OC2(CCN(S(=O)(=O)c3cc(F)cc(F)c3)CC2)CC1=O. The molecule has 1 amide bonds. The van der Waals surface area contributed by atoms with E-state index in [-0.39, 0.29) is 25.4 Å². The average Bonchev–Trinajstić information content (AvgIpc) is 2.82. The Balaban J connectivity index is 1.76. The lowest BCUT2D eigenvalue weighted by molar-refractivity contribution is -0.206. The van der Waals surface area contributed by atoms with Gasteiger partial charge in [-0.1, -0.05) is 0 Å². The second-order valence-corrected chi connectivity index (χ2v) is 7.99. The highest BCUT2D eigenvalue weighted by Gasteiger charge is 2.48. The van der Waals surface area contributed by atoms with Crippen molar-refractivity contribution in [3.05, 3.63) is 29.8 Å². The van der Waals surface area contributed by atoms with Gasteiger partial charge in [0.1, 0.15) is 17.2 Å². The van der Waals surface area contributed by atoms with Gasteiger partial charge < -0.3 is 0 Å². The van der Waals surface area contributed by atoms with E-state index in [2.05, 4.69) is 0 Å². The lowest BCUT2D eigenvalue weighted by atomic mass is 9.89. The molecule has 0 saturated carbocycles. The van der Waals surface area contributed by atoms with Crippen LogP contribution < -0.4 is 0 Å². The van der Waals surface area contributed by atoms with Crippen LogP contribution in [0.25, 0.3) is 0 Å². The Morgan fingerprint density at radius 1 is 1.17 bits per heavy atom. The largest absolute Gasteiger partial charge is 0.272 e. The van der Waals surface area contributed by atoms with E-state index < -0.39 is 32.2 Å². The molecule has 132 valence electrons. The number of hydrogen-bond donors (Lipinski definition) is 0. The molecule has 2 aliphatic rings. The van der Waals surface area contributed by atoms with Crippen molar-refractivity contribution >= 4 is 15.9 Å². The van der Waals surface area contributed by atoms with Gasteiger partial charge >= 0.3 is 0 Å². The third-order valence-electron chi connectivity index (χ3n) is 4.45. The molecule has 1 aromatic rings. The molecule has 2 aliphatic heterocycles. The third-order valence-corrected chi connectivity index (χ3v) is 6.33. The van der Waals surface area contributed by atoms with E-state index in [1.165, 1.54) is 9.37 Å². The summed E-state index contributed by atoms with van der Waals surface area (Å²) in [6.07, 6.45) is 0.932. The molecule has 0 aromatic heterocycles. The van der Waals surface area contributed by atoms with Crippen LogP contribution in [0.1, 0.15) is 26.2 Å². The summed E-state index contributed by atoms with van der Waals surface area (Å²) in [7, 11) is -3.99. The van der Waals surface area contributed by atoms with Crippen molar-refractivity contribution in [3.8, 4) is 0 Å². The van der Waals surface area contributed by atoms with Crippen LogP contribution in [-0.2, 0) is 19.7 Å². The molecule has 0 aliphatic carbocycles. The first-order valence-corrected chi connectivity index (χ1v) is 9.15. The number of hydrogen-bond acceptors (Lipinski definition) is 4. The summed E-state index contributed by atoms with van der Waals surface area (Å²) in [6, 6.07) is 2.23. The summed E-state index contributed by atoms with van der Waals surface area (Å²) in [5.41, 5.74) is -0.674. The number of carbonyl (C=O) groups excluding carboxylic acids is 1. The lowest BCUT2D eigenvalue weighted by Gasteiger charge is -2.37. The number of halogens is 2. The highest BCUT2D eigenvalue weighted by Crippen LogP contribution is 2.37. The quantitative estimate of drug-likeness (QED) is 0.822. The Kier molecular flexibility index (Phi) is 4.35. The van der Waals surface area contributed by atoms with Crippen molar-refractivity contribution in [2.75, 3.05) is 19.6 Å². The summed E-state index contributed by atoms with van der Waals surface area (Å²) in [5, 5.41) is 1.30. The smallest absolute Gasteiger partial charge is 0.249 e. The van der Waals surface area contributed by atoms with Crippen LogP contribution in [0.2, 0.25) is 0 Å². The molecule has 1 spiro atoms. The van der Waals surface area contributed by atoms with Crippen molar-refractivity contribution in [1.82, 2.24) is 9.37 Å². The van der Waals surface area contributed by atoms with Gasteiger partial charge in [0.2, 0.25) is 15.9 Å². The van der Waals surface area contributed by atoms with Crippen molar-refractivity contribution in [1.29, 1.82) is 0 Å². The van der Waals surface area contributed by atoms with Crippen LogP contribution in [-0.4, -0.2) is 48.9 Å². The monoisotopic (exact) mass is 360 g/mol. The zero-order chi connectivity index (χ0) is 17.5. The molecular formula is C15H18F2N2O4S. The number of amides is 1. The molecule has 2 fully saturated rings. The summed E-state index contributed by atoms with van der Waals surface area (Å²) in [6.45, 7) is 2.50. The van der Waals surface area contributed by atoms with Crippen LogP contribution >= 0.6 is 0 Å². The highest BCUT2D eigenvalue weighted by molar-refractivity contribution is 7.89. The Labute approximate surface area is 139 Å². The van der Waals surface area contributed by atoms with Crippen molar-refractivity contribution in [2.24, 2.45) is 0 Å². The average molecular weight is 360 g/mol. The second kappa shape index (κ2) is 6.05. The molecule has 9 heteroatoms.